The second-order valence-electron chi connectivity index (χ2n) is 7.23. The SMILES string of the molecule is CCN(NC(=O)C(F)(F)F)C(=O)N[C@H](C)c1ncc(-c2cc(Cl)cc(F)c2-c2cccs2)cc1F. The number of amides is 3. The molecule has 13 heteroatoms. The molecule has 6 nitrogen and oxygen atoms in total. The van der Waals surface area contributed by atoms with Crippen LogP contribution in [0.3, 0.4) is 0 Å². The minimum absolute atomic E-state index is 0.100. The van der Waals surface area contributed by atoms with Gasteiger partial charge in [-0.2, -0.15) is 13.2 Å². The number of alkyl halides is 3. The molecule has 3 aromatic rings. The molecule has 0 saturated heterocycles. The molecule has 0 aliphatic carbocycles. The number of nitrogens with one attached hydrogen (secondary N) is 2. The van der Waals surface area contributed by atoms with E-state index < -0.39 is 35.8 Å². The number of hydrogen-bond donors (Lipinski definition) is 2. The maximum Gasteiger partial charge on any atom is 0.472 e. The van der Waals surface area contributed by atoms with Gasteiger partial charge in [0.2, 0.25) is 0 Å². The van der Waals surface area contributed by atoms with Crippen LogP contribution in [-0.4, -0.2) is 34.7 Å². The lowest BCUT2D eigenvalue weighted by atomic mass is 9.98. The Balaban J connectivity index is 1.85. The van der Waals surface area contributed by atoms with Crippen molar-refractivity contribution in [2.45, 2.75) is 26.1 Å². The van der Waals surface area contributed by atoms with Crippen molar-refractivity contribution in [3.8, 4) is 21.6 Å². The van der Waals surface area contributed by atoms with Gasteiger partial charge < -0.3 is 5.32 Å². The smallest absolute Gasteiger partial charge is 0.328 e. The molecule has 186 valence electrons. The van der Waals surface area contributed by atoms with E-state index in [-0.39, 0.29) is 28.4 Å². The molecule has 0 fully saturated rings. The van der Waals surface area contributed by atoms with E-state index in [1.54, 1.807) is 17.5 Å². The van der Waals surface area contributed by atoms with Crippen LogP contribution in [0.4, 0.5) is 26.7 Å². The molecule has 0 unspecified atom stereocenters. The van der Waals surface area contributed by atoms with Crippen molar-refractivity contribution in [3.63, 3.8) is 0 Å². The number of hydrogen-bond acceptors (Lipinski definition) is 4. The van der Waals surface area contributed by atoms with Crippen LogP contribution in [0, 0.1) is 11.6 Å². The summed E-state index contributed by atoms with van der Waals surface area (Å²) in [6.07, 6.45) is -3.92. The van der Waals surface area contributed by atoms with Crippen molar-refractivity contribution in [1.82, 2.24) is 20.7 Å². The van der Waals surface area contributed by atoms with Crippen LogP contribution >= 0.6 is 22.9 Å². The standard InChI is InChI=1S/C22H18ClF5N4O2S/c1-3-32(31-20(33)22(26,27)28)21(34)30-11(2)19-16(25)7-12(10-29-19)14-8-13(23)9-15(24)18(14)17-5-4-6-35-17/h4-11H,3H2,1-2H3,(H,30,34)(H,31,33)/t11-/m1/s1. The molecule has 1 atom stereocenters. The maximum atomic E-state index is 15.0. The second-order valence-corrected chi connectivity index (χ2v) is 8.62. The average Bonchev–Trinajstić information content (AvgIpc) is 3.30. The first kappa shape index (κ1) is 26.4. The van der Waals surface area contributed by atoms with Gasteiger partial charge in [-0.1, -0.05) is 17.7 Å². The zero-order valence-corrected chi connectivity index (χ0v) is 19.8. The molecule has 3 amide bonds. The predicted molar refractivity (Wildman–Crippen MR) is 121 cm³/mol. The Morgan fingerprint density at radius 3 is 2.49 bits per heavy atom. The third kappa shape index (κ3) is 6.06. The van der Waals surface area contributed by atoms with Gasteiger partial charge in [0.1, 0.15) is 11.6 Å². The Morgan fingerprint density at radius 1 is 1.20 bits per heavy atom. The number of carbonyl (C=O) groups excluding carboxylic acids is 2. The highest BCUT2D eigenvalue weighted by atomic mass is 35.5. The number of hydrazine groups is 1. The lowest BCUT2D eigenvalue weighted by Gasteiger charge is -2.24. The van der Waals surface area contributed by atoms with Crippen LogP contribution in [0.5, 0.6) is 0 Å². The highest BCUT2D eigenvalue weighted by Gasteiger charge is 2.40. The molecule has 35 heavy (non-hydrogen) atoms. The van der Waals surface area contributed by atoms with Crippen molar-refractivity contribution in [1.29, 1.82) is 0 Å². The molecule has 1 aromatic carbocycles. The average molecular weight is 533 g/mol. The van der Waals surface area contributed by atoms with Crippen LogP contribution < -0.4 is 10.7 Å². The van der Waals surface area contributed by atoms with Crippen LogP contribution in [0.2, 0.25) is 5.02 Å². The van der Waals surface area contributed by atoms with Gasteiger partial charge in [-0.05, 0) is 49.1 Å². The Hall–Kier alpha value is -3.25. The zero-order valence-electron chi connectivity index (χ0n) is 18.2. The Bertz CT molecular complexity index is 1240. The van der Waals surface area contributed by atoms with E-state index in [1.807, 2.05) is 0 Å². The molecule has 3 rings (SSSR count). The highest BCUT2D eigenvalue weighted by Crippen LogP contribution is 2.39. The predicted octanol–water partition coefficient (Wildman–Crippen LogP) is 6.09. The Labute approximate surface area is 205 Å². The quantitative estimate of drug-likeness (QED) is 0.308. The van der Waals surface area contributed by atoms with E-state index in [9.17, 15) is 31.5 Å². The molecular weight excluding hydrogens is 515 g/mol. The van der Waals surface area contributed by atoms with Gasteiger partial charge in [0.05, 0.1) is 11.7 Å². The first-order valence-electron chi connectivity index (χ1n) is 10.1. The summed E-state index contributed by atoms with van der Waals surface area (Å²) in [6.45, 7) is 2.41. The van der Waals surface area contributed by atoms with Gasteiger partial charge >= 0.3 is 18.1 Å². The van der Waals surface area contributed by atoms with Gasteiger partial charge in [-0.15, -0.1) is 11.3 Å². The van der Waals surface area contributed by atoms with Crippen molar-refractivity contribution in [3.05, 3.63) is 64.3 Å². The third-order valence-electron chi connectivity index (χ3n) is 4.81. The molecule has 0 aliphatic heterocycles. The summed E-state index contributed by atoms with van der Waals surface area (Å²) in [5, 5.41) is 4.54. The van der Waals surface area contributed by atoms with Gasteiger partial charge in [0.25, 0.3) is 0 Å². The second kappa shape index (κ2) is 10.6. The summed E-state index contributed by atoms with van der Waals surface area (Å²) < 4.78 is 67.2. The summed E-state index contributed by atoms with van der Waals surface area (Å²) in [7, 11) is 0. The number of nitrogens with zero attached hydrogens (tertiary/aromatic N) is 2. The van der Waals surface area contributed by atoms with Crippen molar-refractivity contribution in [2.75, 3.05) is 6.54 Å². The molecule has 0 spiro atoms. The molecule has 0 aliphatic rings. The summed E-state index contributed by atoms with van der Waals surface area (Å²) in [4.78, 5) is 28.0. The monoisotopic (exact) mass is 532 g/mol. The molecule has 0 saturated carbocycles. The zero-order chi connectivity index (χ0) is 25.9. The summed E-state index contributed by atoms with van der Waals surface area (Å²) in [5.41, 5.74) is 1.96. The number of rotatable bonds is 5. The van der Waals surface area contributed by atoms with Gasteiger partial charge in [-0.25, -0.2) is 18.6 Å². The minimum Gasteiger partial charge on any atom is -0.328 e. The number of halogens is 6. The maximum absolute atomic E-state index is 15.0. The van der Waals surface area contributed by atoms with Crippen LogP contribution in [0.1, 0.15) is 25.6 Å². The van der Waals surface area contributed by atoms with E-state index in [0.29, 0.717) is 15.4 Å². The first-order chi connectivity index (χ1) is 16.4. The highest BCUT2D eigenvalue weighted by molar-refractivity contribution is 7.13. The molecule has 2 heterocycles. The van der Waals surface area contributed by atoms with Crippen LogP contribution in [0.15, 0.2) is 41.9 Å². The number of carbonyl (C=O) groups is 2. The van der Waals surface area contributed by atoms with Crippen LogP contribution in [0.25, 0.3) is 21.6 Å². The van der Waals surface area contributed by atoms with E-state index in [0.717, 1.165) is 12.1 Å². The van der Waals surface area contributed by atoms with E-state index in [4.69, 9.17) is 11.6 Å². The summed E-state index contributed by atoms with van der Waals surface area (Å²) >= 11 is 7.30. The number of benzene rings is 1. The normalized spacial score (nSPS) is 12.2. The van der Waals surface area contributed by atoms with E-state index >= 15 is 0 Å². The first-order valence-corrected chi connectivity index (χ1v) is 11.3. The van der Waals surface area contributed by atoms with Crippen LogP contribution in [-0.2, 0) is 4.79 Å². The fourth-order valence-corrected chi connectivity index (χ4v) is 4.17. The molecule has 2 aromatic heterocycles. The number of thiophene rings is 1. The van der Waals surface area contributed by atoms with Crippen molar-refractivity contribution in [2.24, 2.45) is 0 Å². The van der Waals surface area contributed by atoms with Crippen molar-refractivity contribution >= 4 is 34.9 Å². The van der Waals surface area contributed by atoms with Gasteiger partial charge in [-0.3, -0.25) is 15.2 Å². The van der Waals surface area contributed by atoms with Gasteiger partial charge in [0, 0.05) is 33.8 Å². The van der Waals surface area contributed by atoms with Crippen molar-refractivity contribution < 1.29 is 31.5 Å². The molecule has 0 radical (unpaired) electrons. The lowest BCUT2D eigenvalue weighted by Crippen LogP contribution is -2.54. The summed E-state index contributed by atoms with van der Waals surface area (Å²) in [5.74, 6) is -3.78. The number of pyridine rings is 1. The Morgan fingerprint density at radius 2 is 1.91 bits per heavy atom. The topological polar surface area (TPSA) is 74.3 Å². The summed E-state index contributed by atoms with van der Waals surface area (Å²) in [6, 6.07) is 4.97. The minimum atomic E-state index is -5.19. The lowest BCUT2D eigenvalue weighted by molar-refractivity contribution is -0.177. The number of urea groups is 1. The number of aromatic nitrogens is 1. The fourth-order valence-electron chi connectivity index (χ4n) is 3.18. The molecule has 2 N–H and O–H groups in total. The fraction of sp³-hybridized carbons (Fsp3) is 0.227. The molecule has 0 bridgehead atoms. The largest absolute Gasteiger partial charge is 0.472 e. The van der Waals surface area contributed by atoms with E-state index in [2.05, 4.69) is 10.3 Å². The third-order valence-corrected chi connectivity index (χ3v) is 5.91. The van der Waals surface area contributed by atoms with Gasteiger partial charge in [0.15, 0.2) is 0 Å². The van der Waals surface area contributed by atoms with E-state index in [1.165, 1.54) is 42.9 Å². The molecular formula is C22H18ClF5N4O2S. The Kier molecular flexibility index (Phi) is 7.96.